The number of ether oxygens (including phenoxy) is 1. The number of fused-ring (bicyclic) bond motifs is 2. The standard InChI is InChI=1S/C20H21ClN5O13P3/c21-11-4-5-12-10(6-11)2-1-3-13(12)37-41(31,32)39-42(33,34)38-40(29,30)35-7-14-16(27)17(28)20(36-14)26-9-25-15-18(22)23-8-24-19(15)26/h1-6,8-9,14,16-17,20,27-28H,7H2,(H,29,30)(H,31,32)(H,33,34)(H2,22,23,24)/t14-,16-,17-,20-/m1/s1. The molecular weight excluding hydrogens is 647 g/mol. The van der Waals surface area contributed by atoms with Crippen molar-refractivity contribution in [3.05, 3.63) is 54.1 Å². The van der Waals surface area contributed by atoms with E-state index in [1.165, 1.54) is 41.2 Å². The third kappa shape index (κ3) is 6.67. The number of aromatic nitrogens is 4. The second-order valence-electron chi connectivity index (χ2n) is 8.71. The number of hydrogen-bond acceptors (Lipinski definition) is 14. The fraction of sp³-hybridized carbons (Fsp3) is 0.250. The molecule has 0 radical (unpaired) electrons. The van der Waals surface area contributed by atoms with Crippen LogP contribution in [0.5, 0.6) is 5.75 Å². The summed E-state index contributed by atoms with van der Waals surface area (Å²) in [5, 5.41) is 22.0. The van der Waals surface area contributed by atoms with Crippen LogP contribution in [0.25, 0.3) is 21.9 Å². The van der Waals surface area contributed by atoms with Gasteiger partial charge in [0.15, 0.2) is 17.7 Å². The van der Waals surface area contributed by atoms with Gasteiger partial charge in [-0.05, 0) is 29.7 Å². The lowest BCUT2D eigenvalue weighted by Crippen LogP contribution is -2.33. The lowest BCUT2D eigenvalue weighted by Gasteiger charge is -2.20. The molecule has 42 heavy (non-hydrogen) atoms. The van der Waals surface area contributed by atoms with Crippen molar-refractivity contribution in [3.8, 4) is 5.75 Å². The maximum absolute atomic E-state index is 12.5. The molecule has 1 saturated heterocycles. The van der Waals surface area contributed by atoms with E-state index in [0.717, 1.165) is 6.33 Å². The van der Waals surface area contributed by atoms with Crippen LogP contribution >= 0.6 is 35.1 Å². The van der Waals surface area contributed by atoms with Crippen LogP contribution in [0.2, 0.25) is 5.02 Å². The Balaban J connectivity index is 1.22. The number of imidazole rings is 1. The number of aliphatic hydroxyl groups is 2. The van der Waals surface area contributed by atoms with Gasteiger partial charge >= 0.3 is 23.5 Å². The van der Waals surface area contributed by atoms with Gasteiger partial charge in [0, 0.05) is 10.4 Å². The van der Waals surface area contributed by atoms with Crippen LogP contribution in [-0.4, -0.2) is 69.3 Å². The Morgan fingerprint density at radius 2 is 1.71 bits per heavy atom. The summed E-state index contributed by atoms with van der Waals surface area (Å²) in [7, 11) is -16.8. The number of halogens is 1. The number of nitrogen functional groups attached to an aromatic ring is 1. The van der Waals surface area contributed by atoms with Crippen molar-refractivity contribution in [2.75, 3.05) is 12.3 Å². The van der Waals surface area contributed by atoms with Crippen LogP contribution < -0.4 is 10.3 Å². The van der Waals surface area contributed by atoms with Gasteiger partial charge in [-0.25, -0.2) is 28.6 Å². The zero-order valence-electron chi connectivity index (χ0n) is 20.7. The van der Waals surface area contributed by atoms with Crippen LogP contribution in [0, 0.1) is 0 Å². The Kier molecular flexibility index (Phi) is 8.48. The molecule has 18 nitrogen and oxygen atoms in total. The summed E-state index contributed by atoms with van der Waals surface area (Å²) in [5.74, 6) is -0.195. The molecule has 7 N–H and O–H groups in total. The highest BCUT2D eigenvalue weighted by Crippen LogP contribution is 2.67. The lowest BCUT2D eigenvalue weighted by atomic mass is 10.1. The van der Waals surface area contributed by atoms with E-state index >= 15 is 0 Å². The van der Waals surface area contributed by atoms with Crippen LogP contribution in [0.4, 0.5) is 5.82 Å². The summed E-state index contributed by atoms with van der Waals surface area (Å²) in [6, 6.07) is 8.77. The Morgan fingerprint density at radius 1 is 0.976 bits per heavy atom. The highest BCUT2D eigenvalue weighted by atomic mass is 35.5. The van der Waals surface area contributed by atoms with Crippen LogP contribution in [-0.2, 0) is 31.6 Å². The molecule has 2 aromatic carbocycles. The van der Waals surface area contributed by atoms with Gasteiger partial charge in [-0.3, -0.25) is 14.0 Å². The van der Waals surface area contributed by atoms with Crippen molar-refractivity contribution in [1.29, 1.82) is 0 Å². The third-order valence-corrected chi connectivity index (χ3v) is 10.3. The Bertz CT molecular complexity index is 1790. The number of nitrogens with zero attached hydrogens (tertiary/aromatic N) is 4. The first-order valence-electron chi connectivity index (χ1n) is 11.5. The maximum Gasteiger partial charge on any atom is 0.536 e. The second-order valence-corrected chi connectivity index (χ2v) is 13.7. The van der Waals surface area contributed by atoms with Gasteiger partial charge in [-0.15, -0.1) is 0 Å². The number of aliphatic hydroxyl groups excluding tert-OH is 2. The molecule has 0 spiro atoms. The zero-order chi connectivity index (χ0) is 30.4. The number of phosphoric ester groups is 2. The van der Waals surface area contributed by atoms with E-state index in [0.29, 0.717) is 15.8 Å². The Labute approximate surface area is 240 Å². The SMILES string of the molecule is Nc1ncnc2c1ncn2[C@@H]1O[C@H](COP(=O)(O)OP(=O)(O)OP(=O)(O)Oc2cccc3cc(Cl)ccc23)[C@@H](O)[C@H]1O. The highest BCUT2D eigenvalue weighted by Gasteiger charge is 2.47. The van der Waals surface area contributed by atoms with Gasteiger partial charge in [0.25, 0.3) is 0 Å². The Morgan fingerprint density at radius 3 is 2.48 bits per heavy atom. The van der Waals surface area contributed by atoms with Gasteiger partial charge in [0.05, 0.1) is 12.9 Å². The number of rotatable bonds is 10. The molecule has 226 valence electrons. The minimum Gasteiger partial charge on any atom is -0.403 e. The summed E-state index contributed by atoms with van der Waals surface area (Å²) >= 11 is 5.93. The van der Waals surface area contributed by atoms with E-state index in [9.17, 15) is 38.6 Å². The number of hydrogen-bond donors (Lipinski definition) is 6. The summed E-state index contributed by atoms with van der Waals surface area (Å²) < 4.78 is 61.7. The molecule has 0 saturated carbocycles. The number of benzene rings is 2. The van der Waals surface area contributed by atoms with Crippen molar-refractivity contribution < 1.29 is 61.0 Å². The van der Waals surface area contributed by atoms with Crippen molar-refractivity contribution in [3.63, 3.8) is 0 Å². The maximum atomic E-state index is 12.5. The largest absolute Gasteiger partial charge is 0.536 e. The Hall–Kier alpha value is -2.53. The number of phosphoric acid groups is 3. The summed E-state index contributed by atoms with van der Waals surface area (Å²) in [6.45, 7) is -0.960. The molecule has 1 aliphatic rings. The van der Waals surface area contributed by atoms with E-state index in [1.807, 2.05) is 0 Å². The van der Waals surface area contributed by atoms with Crippen molar-refractivity contribution in [2.24, 2.45) is 0 Å². The predicted molar refractivity (Wildman–Crippen MR) is 143 cm³/mol. The monoisotopic (exact) mass is 667 g/mol. The van der Waals surface area contributed by atoms with E-state index in [4.69, 9.17) is 26.6 Å². The van der Waals surface area contributed by atoms with Crippen molar-refractivity contribution >= 4 is 62.8 Å². The third-order valence-electron chi connectivity index (χ3n) is 5.83. The van der Waals surface area contributed by atoms with Crippen molar-refractivity contribution in [2.45, 2.75) is 24.5 Å². The number of nitrogens with two attached hydrogens (primary N) is 1. The zero-order valence-corrected chi connectivity index (χ0v) is 24.2. The molecule has 4 aromatic rings. The minimum atomic E-state index is -5.80. The molecule has 1 fully saturated rings. The smallest absolute Gasteiger partial charge is 0.403 e. The van der Waals surface area contributed by atoms with Crippen molar-refractivity contribution in [1.82, 2.24) is 19.5 Å². The normalized spacial score (nSPS) is 25.2. The van der Waals surface area contributed by atoms with Crippen LogP contribution in [0.15, 0.2) is 49.1 Å². The van der Waals surface area contributed by atoms with Gasteiger partial charge in [-0.2, -0.15) is 8.62 Å². The first kappa shape index (κ1) is 30.9. The first-order valence-corrected chi connectivity index (χ1v) is 16.4. The van der Waals surface area contributed by atoms with Gasteiger partial charge < -0.3 is 35.0 Å². The molecule has 5 rings (SSSR count). The topological polar surface area (TPSA) is 268 Å². The molecule has 7 atom stereocenters. The highest BCUT2D eigenvalue weighted by molar-refractivity contribution is 7.67. The lowest BCUT2D eigenvalue weighted by molar-refractivity contribution is -0.0503. The van der Waals surface area contributed by atoms with E-state index in [2.05, 4.69) is 28.1 Å². The fourth-order valence-corrected chi connectivity index (χ4v) is 7.78. The molecule has 2 aromatic heterocycles. The molecule has 3 unspecified atom stereocenters. The molecule has 22 heteroatoms. The molecule has 0 amide bonds. The molecule has 1 aliphatic heterocycles. The number of anilines is 1. The predicted octanol–water partition coefficient (Wildman–Crippen LogP) is 2.26. The summed E-state index contributed by atoms with van der Waals surface area (Å²) in [4.78, 5) is 41.7. The quantitative estimate of drug-likeness (QED) is 0.132. The second kappa shape index (κ2) is 11.5. The van der Waals surface area contributed by atoms with Gasteiger partial charge in [-0.1, -0.05) is 23.7 Å². The van der Waals surface area contributed by atoms with E-state index in [1.54, 1.807) is 6.07 Å². The van der Waals surface area contributed by atoms with E-state index in [-0.39, 0.29) is 22.7 Å². The van der Waals surface area contributed by atoms with E-state index < -0.39 is 54.6 Å². The summed E-state index contributed by atoms with van der Waals surface area (Å²) in [6.07, 6.45) is -3.73. The van der Waals surface area contributed by atoms with Gasteiger partial charge in [0.2, 0.25) is 0 Å². The first-order chi connectivity index (χ1) is 19.6. The summed E-state index contributed by atoms with van der Waals surface area (Å²) in [5.41, 5.74) is 6.07. The fourth-order valence-electron chi connectivity index (χ4n) is 4.07. The molecule has 3 heterocycles. The molecule has 0 bridgehead atoms. The average Bonchev–Trinajstić information content (AvgIpc) is 3.43. The molecule has 0 aliphatic carbocycles. The minimum absolute atomic E-state index is 0.0422. The average molecular weight is 668 g/mol. The van der Waals surface area contributed by atoms with Crippen LogP contribution in [0.3, 0.4) is 0 Å². The van der Waals surface area contributed by atoms with Gasteiger partial charge in [0.1, 0.15) is 35.9 Å². The molecular formula is C20H21ClN5O13P3. The van der Waals surface area contributed by atoms with Crippen LogP contribution in [0.1, 0.15) is 6.23 Å².